The molecule has 0 aliphatic rings. The highest BCUT2D eigenvalue weighted by Crippen LogP contribution is 2.34. The Morgan fingerprint density at radius 1 is 1.32 bits per heavy atom. The van der Waals surface area contributed by atoms with Crippen molar-refractivity contribution in [1.82, 2.24) is 5.32 Å². The minimum Gasteiger partial charge on any atom is -0.481 e. The summed E-state index contributed by atoms with van der Waals surface area (Å²) < 4.78 is 7.07. The minimum atomic E-state index is -0.266. The lowest BCUT2D eigenvalue weighted by Gasteiger charge is -2.20. The summed E-state index contributed by atoms with van der Waals surface area (Å²) in [6.07, 6.45) is 0. The molecule has 106 valence electrons. The van der Waals surface area contributed by atoms with Crippen LogP contribution in [0.25, 0.3) is 0 Å². The van der Waals surface area contributed by atoms with E-state index in [9.17, 15) is 4.79 Å². The van der Waals surface area contributed by atoms with E-state index < -0.39 is 0 Å². The molecule has 1 amide bonds. The Kier molecular flexibility index (Phi) is 5.82. The number of hydrogen-bond donors (Lipinski definition) is 2. The zero-order chi connectivity index (χ0) is 14.6. The Morgan fingerprint density at radius 2 is 1.84 bits per heavy atom. The summed E-state index contributed by atoms with van der Waals surface area (Å²) in [5.74, 6) is 0.440. The standard InChI is InChI=1S/C13H18Br2N2O2/c1-13(2,3)17-11(18)7-19-12-9(14)4-8(6-16)5-10(12)15/h4-5H,6-7,16H2,1-3H3,(H,17,18). The van der Waals surface area contributed by atoms with E-state index in [2.05, 4.69) is 37.2 Å². The van der Waals surface area contributed by atoms with Gasteiger partial charge in [0, 0.05) is 12.1 Å². The lowest BCUT2D eigenvalue weighted by molar-refractivity contribution is -0.124. The van der Waals surface area contributed by atoms with Crippen molar-refractivity contribution in [2.75, 3.05) is 6.61 Å². The first-order chi connectivity index (χ1) is 8.73. The van der Waals surface area contributed by atoms with Crippen molar-refractivity contribution >= 4 is 37.8 Å². The number of nitrogens with two attached hydrogens (primary N) is 1. The van der Waals surface area contributed by atoms with Crippen LogP contribution in [0.3, 0.4) is 0 Å². The molecule has 0 heterocycles. The van der Waals surface area contributed by atoms with Crippen molar-refractivity contribution in [3.8, 4) is 5.75 Å². The van der Waals surface area contributed by atoms with Crippen LogP contribution in [-0.4, -0.2) is 18.1 Å². The molecule has 1 aromatic carbocycles. The molecule has 0 atom stereocenters. The van der Waals surface area contributed by atoms with Crippen molar-refractivity contribution < 1.29 is 9.53 Å². The average Bonchev–Trinajstić information content (AvgIpc) is 2.25. The van der Waals surface area contributed by atoms with Gasteiger partial charge in [-0.3, -0.25) is 4.79 Å². The first-order valence-corrected chi connectivity index (χ1v) is 7.43. The zero-order valence-electron chi connectivity index (χ0n) is 11.2. The quantitative estimate of drug-likeness (QED) is 0.826. The summed E-state index contributed by atoms with van der Waals surface area (Å²) in [6, 6.07) is 3.75. The molecule has 0 spiro atoms. The molecule has 0 saturated heterocycles. The Bertz CT molecular complexity index is 447. The molecular weight excluding hydrogens is 376 g/mol. The van der Waals surface area contributed by atoms with E-state index in [0.29, 0.717) is 12.3 Å². The predicted octanol–water partition coefficient (Wildman–Crippen LogP) is 2.96. The molecule has 0 aliphatic carbocycles. The molecule has 19 heavy (non-hydrogen) atoms. The fraction of sp³-hybridized carbons (Fsp3) is 0.462. The normalized spacial score (nSPS) is 11.3. The van der Waals surface area contributed by atoms with E-state index in [4.69, 9.17) is 10.5 Å². The van der Waals surface area contributed by atoms with Crippen LogP contribution in [0.15, 0.2) is 21.1 Å². The van der Waals surface area contributed by atoms with Crippen LogP contribution in [0, 0.1) is 0 Å². The summed E-state index contributed by atoms with van der Waals surface area (Å²) in [5, 5.41) is 2.84. The van der Waals surface area contributed by atoms with E-state index >= 15 is 0 Å². The number of nitrogens with one attached hydrogen (secondary N) is 1. The first kappa shape index (κ1) is 16.5. The zero-order valence-corrected chi connectivity index (χ0v) is 14.4. The molecule has 1 rings (SSSR count). The van der Waals surface area contributed by atoms with E-state index in [-0.39, 0.29) is 18.1 Å². The van der Waals surface area contributed by atoms with Crippen LogP contribution in [0.1, 0.15) is 26.3 Å². The van der Waals surface area contributed by atoms with Gasteiger partial charge in [-0.1, -0.05) is 0 Å². The molecule has 3 N–H and O–H groups in total. The molecule has 0 aromatic heterocycles. The van der Waals surface area contributed by atoms with Crippen molar-refractivity contribution in [2.45, 2.75) is 32.9 Å². The van der Waals surface area contributed by atoms with E-state index in [1.165, 1.54) is 0 Å². The Morgan fingerprint density at radius 3 is 2.26 bits per heavy atom. The second kappa shape index (κ2) is 6.72. The smallest absolute Gasteiger partial charge is 0.258 e. The Hall–Kier alpha value is -0.590. The third-order valence-electron chi connectivity index (χ3n) is 2.16. The number of rotatable bonds is 4. The van der Waals surface area contributed by atoms with Crippen molar-refractivity contribution in [2.24, 2.45) is 5.73 Å². The van der Waals surface area contributed by atoms with Gasteiger partial charge in [-0.15, -0.1) is 0 Å². The van der Waals surface area contributed by atoms with E-state index in [0.717, 1.165) is 14.5 Å². The van der Waals surface area contributed by atoms with Crippen molar-refractivity contribution in [3.63, 3.8) is 0 Å². The monoisotopic (exact) mass is 392 g/mol. The van der Waals surface area contributed by atoms with Crippen LogP contribution in [-0.2, 0) is 11.3 Å². The number of hydrogen-bond acceptors (Lipinski definition) is 3. The second-order valence-corrected chi connectivity index (χ2v) is 6.89. The third-order valence-corrected chi connectivity index (χ3v) is 3.33. The number of carbonyl (C=O) groups excluding carboxylic acids is 1. The Balaban J connectivity index is 2.71. The van der Waals surface area contributed by atoms with Gasteiger partial charge in [0.15, 0.2) is 6.61 Å². The lowest BCUT2D eigenvalue weighted by Crippen LogP contribution is -2.43. The van der Waals surface area contributed by atoms with Crippen molar-refractivity contribution in [3.05, 3.63) is 26.6 Å². The van der Waals surface area contributed by atoms with Gasteiger partial charge in [0.25, 0.3) is 5.91 Å². The number of halogens is 2. The summed E-state index contributed by atoms with van der Waals surface area (Å²) in [6.45, 7) is 6.19. The SMILES string of the molecule is CC(C)(C)NC(=O)COc1c(Br)cc(CN)cc1Br. The maximum Gasteiger partial charge on any atom is 0.258 e. The largest absolute Gasteiger partial charge is 0.481 e. The van der Waals surface area contributed by atoms with Crippen LogP contribution in [0.2, 0.25) is 0 Å². The number of benzene rings is 1. The highest BCUT2D eigenvalue weighted by Gasteiger charge is 2.15. The van der Waals surface area contributed by atoms with Gasteiger partial charge < -0.3 is 15.8 Å². The Labute approximate surface area is 130 Å². The number of amides is 1. The summed E-state index contributed by atoms with van der Waals surface area (Å²) in [7, 11) is 0. The molecule has 0 aliphatic heterocycles. The number of ether oxygens (including phenoxy) is 1. The van der Waals surface area contributed by atoms with Crippen LogP contribution in [0.5, 0.6) is 5.75 Å². The van der Waals surface area contributed by atoms with Gasteiger partial charge in [-0.25, -0.2) is 0 Å². The summed E-state index contributed by atoms with van der Waals surface area (Å²) >= 11 is 6.82. The first-order valence-electron chi connectivity index (χ1n) is 5.84. The molecule has 1 aromatic rings. The summed E-state index contributed by atoms with van der Waals surface area (Å²) in [4.78, 5) is 11.7. The fourth-order valence-corrected chi connectivity index (χ4v) is 2.97. The highest BCUT2D eigenvalue weighted by atomic mass is 79.9. The molecule has 0 saturated carbocycles. The van der Waals surface area contributed by atoms with Crippen LogP contribution in [0.4, 0.5) is 0 Å². The molecule has 0 radical (unpaired) electrons. The van der Waals surface area contributed by atoms with Gasteiger partial charge in [-0.2, -0.15) is 0 Å². The van der Waals surface area contributed by atoms with Crippen LogP contribution >= 0.6 is 31.9 Å². The molecular formula is C13H18Br2N2O2. The number of carbonyl (C=O) groups is 1. The fourth-order valence-electron chi connectivity index (χ4n) is 1.46. The van der Waals surface area contributed by atoms with Gasteiger partial charge in [-0.05, 0) is 70.3 Å². The van der Waals surface area contributed by atoms with E-state index in [1.807, 2.05) is 32.9 Å². The lowest BCUT2D eigenvalue weighted by atomic mass is 10.1. The molecule has 0 unspecified atom stereocenters. The van der Waals surface area contributed by atoms with Crippen molar-refractivity contribution in [1.29, 1.82) is 0 Å². The second-order valence-electron chi connectivity index (χ2n) is 5.18. The maximum atomic E-state index is 11.7. The average molecular weight is 394 g/mol. The van der Waals surface area contributed by atoms with Gasteiger partial charge in [0.05, 0.1) is 8.95 Å². The molecule has 0 bridgehead atoms. The third kappa shape index (κ3) is 5.50. The topological polar surface area (TPSA) is 64.3 Å². The molecule has 4 nitrogen and oxygen atoms in total. The molecule has 6 heteroatoms. The molecule has 0 fully saturated rings. The maximum absolute atomic E-state index is 11.7. The highest BCUT2D eigenvalue weighted by molar-refractivity contribution is 9.11. The van der Waals surface area contributed by atoms with Crippen LogP contribution < -0.4 is 15.8 Å². The minimum absolute atomic E-state index is 0.0313. The summed E-state index contributed by atoms with van der Waals surface area (Å²) in [5.41, 5.74) is 6.29. The van der Waals surface area contributed by atoms with Gasteiger partial charge in [0.2, 0.25) is 0 Å². The predicted molar refractivity (Wildman–Crippen MR) is 83.1 cm³/mol. The van der Waals surface area contributed by atoms with Gasteiger partial charge >= 0.3 is 0 Å². The van der Waals surface area contributed by atoms with E-state index in [1.54, 1.807) is 0 Å². The van der Waals surface area contributed by atoms with Gasteiger partial charge in [0.1, 0.15) is 5.75 Å².